The van der Waals surface area contributed by atoms with Crippen molar-refractivity contribution < 1.29 is 4.79 Å². The molecule has 0 unspecified atom stereocenters. The van der Waals surface area contributed by atoms with Crippen molar-refractivity contribution in [2.24, 2.45) is 0 Å². The molecule has 2 aromatic heterocycles. The van der Waals surface area contributed by atoms with Crippen molar-refractivity contribution in [1.29, 1.82) is 0 Å². The first-order valence-electron chi connectivity index (χ1n) is 9.70. The van der Waals surface area contributed by atoms with Crippen LogP contribution >= 0.6 is 11.8 Å². The maximum Gasteiger partial charge on any atom is 0.255 e. The number of anilines is 1. The van der Waals surface area contributed by atoms with Crippen LogP contribution in [0.4, 0.5) is 5.69 Å². The molecular formula is C23H23N5OS. The molecule has 0 saturated heterocycles. The standard InChI is InChI=1S/C23H23N5OS/c1-14-9-15(2)11-19(10-14)25-21(29)20-8-6-5-7-18(20)13-30-23-26-22-24-16(3)12-17(4)28(22)27-23/h5-12H,13H2,1-4H3,(H,25,29). The van der Waals surface area contributed by atoms with Crippen LogP contribution in [0.15, 0.2) is 53.7 Å². The van der Waals surface area contributed by atoms with Crippen LogP contribution in [-0.4, -0.2) is 25.5 Å². The number of carbonyl (C=O) groups is 1. The number of aromatic nitrogens is 4. The third-order valence-electron chi connectivity index (χ3n) is 4.70. The number of rotatable bonds is 5. The van der Waals surface area contributed by atoms with Gasteiger partial charge in [0.1, 0.15) is 0 Å². The predicted octanol–water partition coefficient (Wildman–Crippen LogP) is 4.90. The van der Waals surface area contributed by atoms with E-state index >= 15 is 0 Å². The molecule has 2 aromatic carbocycles. The zero-order valence-corrected chi connectivity index (χ0v) is 18.2. The van der Waals surface area contributed by atoms with Crippen LogP contribution in [-0.2, 0) is 5.75 Å². The number of hydrogen-bond donors (Lipinski definition) is 1. The molecule has 0 aliphatic rings. The molecule has 0 fully saturated rings. The summed E-state index contributed by atoms with van der Waals surface area (Å²) in [7, 11) is 0. The van der Waals surface area contributed by atoms with Gasteiger partial charge in [-0.05, 0) is 68.7 Å². The molecule has 1 amide bonds. The second kappa shape index (κ2) is 8.28. The van der Waals surface area contributed by atoms with E-state index in [2.05, 4.69) is 26.4 Å². The number of thioether (sulfide) groups is 1. The second-order valence-electron chi connectivity index (χ2n) is 7.42. The van der Waals surface area contributed by atoms with E-state index in [1.165, 1.54) is 11.8 Å². The van der Waals surface area contributed by atoms with Crippen LogP contribution in [0.2, 0.25) is 0 Å². The first-order chi connectivity index (χ1) is 14.4. The fourth-order valence-electron chi connectivity index (χ4n) is 3.46. The monoisotopic (exact) mass is 417 g/mol. The van der Waals surface area contributed by atoms with E-state index in [1.54, 1.807) is 4.52 Å². The van der Waals surface area contributed by atoms with Crippen molar-refractivity contribution in [3.63, 3.8) is 0 Å². The van der Waals surface area contributed by atoms with Gasteiger partial charge in [0.05, 0.1) is 0 Å². The second-order valence-corrected chi connectivity index (χ2v) is 8.36. The fourth-order valence-corrected chi connectivity index (χ4v) is 4.29. The van der Waals surface area contributed by atoms with E-state index in [4.69, 9.17) is 0 Å². The molecule has 1 N–H and O–H groups in total. The Bertz CT molecular complexity index is 1230. The van der Waals surface area contributed by atoms with Gasteiger partial charge in [0.2, 0.25) is 5.16 Å². The molecule has 0 spiro atoms. The average molecular weight is 418 g/mol. The zero-order chi connectivity index (χ0) is 21.3. The van der Waals surface area contributed by atoms with Crippen LogP contribution in [0, 0.1) is 27.7 Å². The summed E-state index contributed by atoms with van der Waals surface area (Å²) in [6, 6.07) is 15.6. The number of carbonyl (C=O) groups excluding carboxylic acids is 1. The minimum Gasteiger partial charge on any atom is -0.322 e. The lowest BCUT2D eigenvalue weighted by atomic mass is 10.1. The van der Waals surface area contributed by atoms with Crippen molar-refractivity contribution >= 4 is 29.1 Å². The van der Waals surface area contributed by atoms with Gasteiger partial charge in [-0.1, -0.05) is 36.0 Å². The van der Waals surface area contributed by atoms with E-state index in [-0.39, 0.29) is 5.91 Å². The number of aryl methyl sites for hydroxylation is 4. The van der Waals surface area contributed by atoms with Gasteiger partial charge >= 0.3 is 0 Å². The minimum atomic E-state index is -0.118. The number of fused-ring (bicyclic) bond motifs is 1. The lowest BCUT2D eigenvalue weighted by Crippen LogP contribution is -2.14. The summed E-state index contributed by atoms with van der Waals surface area (Å²) in [5.41, 5.74) is 6.53. The molecule has 4 rings (SSSR count). The number of benzene rings is 2. The third-order valence-corrected chi connectivity index (χ3v) is 5.58. The SMILES string of the molecule is Cc1cc(C)cc(NC(=O)c2ccccc2CSc2nc3nc(C)cc(C)n3n2)c1. The van der Waals surface area contributed by atoms with Crippen LogP contribution in [0.3, 0.4) is 0 Å². The van der Waals surface area contributed by atoms with Crippen LogP contribution in [0.25, 0.3) is 5.78 Å². The Labute approximate surface area is 179 Å². The summed E-state index contributed by atoms with van der Waals surface area (Å²) in [6.45, 7) is 7.97. The van der Waals surface area contributed by atoms with E-state index in [0.717, 1.165) is 33.8 Å². The Balaban J connectivity index is 1.53. The van der Waals surface area contributed by atoms with Gasteiger partial charge < -0.3 is 5.32 Å². The van der Waals surface area contributed by atoms with Crippen molar-refractivity contribution in [2.75, 3.05) is 5.32 Å². The third kappa shape index (κ3) is 4.36. The van der Waals surface area contributed by atoms with Crippen molar-refractivity contribution in [2.45, 2.75) is 38.6 Å². The molecule has 30 heavy (non-hydrogen) atoms. The van der Waals surface area contributed by atoms with Gasteiger partial charge in [0, 0.05) is 28.4 Å². The normalized spacial score (nSPS) is 11.1. The quantitative estimate of drug-likeness (QED) is 0.468. The van der Waals surface area contributed by atoms with Gasteiger partial charge in [-0.3, -0.25) is 4.79 Å². The van der Waals surface area contributed by atoms with E-state index in [0.29, 0.717) is 22.3 Å². The van der Waals surface area contributed by atoms with Crippen molar-refractivity contribution in [3.05, 3.63) is 82.2 Å². The van der Waals surface area contributed by atoms with Crippen LogP contribution in [0.1, 0.15) is 38.4 Å². The largest absolute Gasteiger partial charge is 0.322 e. The van der Waals surface area contributed by atoms with Crippen molar-refractivity contribution in [3.8, 4) is 0 Å². The Hall–Kier alpha value is -3.19. The maximum absolute atomic E-state index is 12.9. The molecule has 0 aliphatic heterocycles. The summed E-state index contributed by atoms with van der Waals surface area (Å²) in [6.07, 6.45) is 0. The first-order valence-corrected chi connectivity index (χ1v) is 10.7. The van der Waals surface area contributed by atoms with Gasteiger partial charge in [0.25, 0.3) is 11.7 Å². The molecule has 4 aromatic rings. The van der Waals surface area contributed by atoms with Crippen molar-refractivity contribution in [1.82, 2.24) is 19.6 Å². The highest BCUT2D eigenvalue weighted by molar-refractivity contribution is 7.98. The number of nitrogens with zero attached hydrogens (tertiary/aromatic N) is 4. The van der Waals surface area contributed by atoms with Gasteiger partial charge in [0.15, 0.2) is 0 Å². The average Bonchev–Trinajstić information content (AvgIpc) is 3.09. The Kier molecular flexibility index (Phi) is 5.55. The number of amides is 1. The maximum atomic E-state index is 12.9. The number of nitrogens with one attached hydrogen (secondary N) is 1. The lowest BCUT2D eigenvalue weighted by Gasteiger charge is -2.11. The van der Waals surface area contributed by atoms with E-state index in [9.17, 15) is 4.79 Å². The molecular weight excluding hydrogens is 394 g/mol. The zero-order valence-electron chi connectivity index (χ0n) is 17.4. The van der Waals surface area contributed by atoms with Gasteiger partial charge in [-0.15, -0.1) is 5.10 Å². The fraction of sp³-hybridized carbons (Fsp3) is 0.217. The van der Waals surface area contributed by atoms with Gasteiger partial charge in [-0.2, -0.15) is 4.98 Å². The highest BCUT2D eigenvalue weighted by atomic mass is 32.2. The molecule has 152 valence electrons. The van der Waals surface area contributed by atoms with Crippen LogP contribution in [0.5, 0.6) is 0 Å². The molecule has 0 bridgehead atoms. The summed E-state index contributed by atoms with van der Waals surface area (Å²) in [5.74, 6) is 1.06. The predicted molar refractivity (Wildman–Crippen MR) is 120 cm³/mol. The summed E-state index contributed by atoms with van der Waals surface area (Å²) < 4.78 is 1.74. The smallest absolute Gasteiger partial charge is 0.255 e. The number of hydrogen-bond acceptors (Lipinski definition) is 5. The molecule has 2 heterocycles. The lowest BCUT2D eigenvalue weighted by molar-refractivity contribution is 0.102. The highest BCUT2D eigenvalue weighted by Crippen LogP contribution is 2.24. The highest BCUT2D eigenvalue weighted by Gasteiger charge is 2.14. The molecule has 0 aliphatic carbocycles. The van der Waals surface area contributed by atoms with Gasteiger partial charge in [-0.25, -0.2) is 9.50 Å². The molecule has 0 radical (unpaired) electrons. The minimum absolute atomic E-state index is 0.118. The Morgan fingerprint density at radius 1 is 1.00 bits per heavy atom. The first kappa shape index (κ1) is 20.1. The summed E-state index contributed by atoms with van der Waals surface area (Å²) in [5, 5.41) is 8.20. The molecule has 7 heteroatoms. The molecule has 0 atom stereocenters. The Morgan fingerprint density at radius 3 is 2.50 bits per heavy atom. The van der Waals surface area contributed by atoms with Crippen LogP contribution < -0.4 is 5.32 Å². The van der Waals surface area contributed by atoms with E-state index < -0.39 is 0 Å². The molecule has 0 saturated carbocycles. The summed E-state index contributed by atoms with van der Waals surface area (Å²) in [4.78, 5) is 21.9. The molecule has 6 nitrogen and oxygen atoms in total. The topological polar surface area (TPSA) is 72.2 Å². The summed E-state index contributed by atoms with van der Waals surface area (Å²) >= 11 is 1.49. The van der Waals surface area contributed by atoms with E-state index in [1.807, 2.05) is 70.2 Å². The Morgan fingerprint density at radius 2 is 1.73 bits per heavy atom.